The zero-order chi connectivity index (χ0) is 21.0. The number of hydrogen-bond acceptors (Lipinski definition) is 7. The summed E-state index contributed by atoms with van der Waals surface area (Å²) in [5, 5.41) is 7.46. The molecule has 2 aromatic heterocycles. The highest BCUT2D eigenvalue weighted by atomic mass is 19.1. The Balaban J connectivity index is 1.59. The average molecular weight is 408 g/mol. The van der Waals surface area contributed by atoms with E-state index in [0.717, 1.165) is 48.9 Å². The van der Waals surface area contributed by atoms with Gasteiger partial charge in [-0.2, -0.15) is 0 Å². The predicted molar refractivity (Wildman–Crippen MR) is 114 cm³/mol. The van der Waals surface area contributed by atoms with Crippen LogP contribution in [0.3, 0.4) is 0 Å². The van der Waals surface area contributed by atoms with Crippen molar-refractivity contribution in [2.75, 3.05) is 36.8 Å². The van der Waals surface area contributed by atoms with Gasteiger partial charge in [0.05, 0.1) is 17.6 Å². The van der Waals surface area contributed by atoms with Crippen molar-refractivity contribution in [1.29, 1.82) is 0 Å². The number of rotatable bonds is 4. The van der Waals surface area contributed by atoms with Gasteiger partial charge in [0.2, 0.25) is 0 Å². The topological polar surface area (TPSA) is 93.1 Å². The first-order chi connectivity index (χ1) is 14.4. The molecule has 0 unspecified atom stereocenters. The number of aromatic nitrogens is 3. The lowest BCUT2D eigenvalue weighted by Crippen LogP contribution is -2.71. The molecule has 0 atom stereocenters. The molecule has 2 aliphatic rings. The van der Waals surface area contributed by atoms with Crippen molar-refractivity contribution in [1.82, 2.24) is 20.4 Å². The van der Waals surface area contributed by atoms with E-state index in [2.05, 4.69) is 20.4 Å². The third-order valence-corrected chi connectivity index (χ3v) is 6.05. The molecule has 0 aliphatic carbocycles. The van der Waals surface area contributed by atoms with E-state index in [0.29, 0.717) is 28.2 Å². The molecule has 8 heteroatoms. The predicted octanol–water partition coefficient (Wildman–Crippen LogP) is 3.36. The van der Waals surface area contributed by atoms with E-state index in [4.69, 9.17) is 15.2 Å². The van der Waals surface area contributed by atoms with Gasteiger partial charge >= 0.3 is 0 Å². The zero-order valence-electron chi connectivity index (χ0n) is 17.4. The number of nitrogen functional groups attached to an aromatic ring is 1. The number of nitrogens with one attached hydrogen (secondary N) is 1. The Bertz CT molecular complexity index is 1110. The van der Waals surface area contributed by atoms with Gasteiger partial charge in [0.25, 0.3) is 0 Å². The summed E-state index contributed by atoms with van der Waals surface area (Å²) >= 11 is 0. The Hall–Kier alpha value is -3.00. The molecule has 1 aromatic carbocycles. The maximum absolute atomic E-state index is 14.3. The van der Waals surface area contributed by atoms with Crippen LogP contribution in [0, 0.1) is 18.2 Å². The Morgan fingerprint density at radius 2 is 2.00 bits per heavy atom. The second-order valence-electron chi connectivity index (χ2n) is 8.78. The molecule has 1 spiro atoms. The van der Waals surface area contributed by atoms with Crippen molar-refractivity contribution in [3.05, 3.63) is 41.7 Å². The minimum Gasteiger partial charge on any atom is -0.394 e. The Labute approximate surface area is 174 Å². The number of nitrogens with zero attached hydrogens (tertiary/aromatic N) is 4. The van der Waals surface area contributed by atoms with E-state index in [-0.39, 0.29) is 11.7 Å². The summed E-state index contributed by atoms with van der Waals surface area (Å²) in [6.45, 7) is 9.84. The SMILES string of the molecule is Cc1noc(C(C)C)c1-c1cc(F)ccc1-c1ncc(N)c(N2CC3(CNC3)C2)n1. The van der Waals surface area contributed by atoms with Gasteiger partial charge in [-0.05, 0) is 25.1 Å². The highest BCUT2D eigenvalue weighted by Crippen LogP contribution is 2.41. The highest BCUT2D eigenvalue weighted by molar-refractivity contribution is 5.84. The second kappa shape index (κ2) is 6.77. The first-order valence-electron chi connectivity index (χ1n) is 10.2. The first-order valence-corrected chi connectivity index (χ1v) is 10.2. The minimum absolute atomic E-state index is 0.105. The van der Waals surface area contributed by atoms with Crippen LogP contribution in [0.15, 0.2) is 28.9 Å². The average Bonchev–Trinajstić information content (AvgIpc) is 3.02. The Morgan fingerprint density at radius 3 is 2.67 bits per heavy atom. The van der Waals surface area contributed by atoms with Crippen molar-refractivity contribution in [3.63, 3.8) is 0 Å². The maximum Gasteiger partial charge on any atom is 0.162 e. The number of halogens is 1. The fraction of sp³-hybridized carbons (Fsp3) is 0.409. The summed E-state index contributed by atoms with van der Waals surface area (Å²) in [4.78, 5) is 11.5. The van der Waals surface area contributed by atoms with Gasteiger partial charge in [0.1, 0.15) is 11.6 Å². The Morgan fingerprint density at radius 1 is 1.23 bits per heavy atom. The van der Waals surface area contributed by atoms with Crippen LogP contribution in [-0.2, 0) is 0 Å². The van der Waals surface area contributed by atoms with E-state index in [1.165, 1.54) is 12.1 Å². The van der Waals surface area contributed by atoms with Crippen LogP contribution in [0.4, 0.5) is 15.9 Å². The number of hydrogen-bond donors (Lipinski definition) is 2. The molecule has 7 nitrogen and oxygen atoms in total. The van der Waals surface area contributed by atoms with Crippen molar-refractivity contribution >= 4 is 11.5 Å². The van der Waals surface area contributed by atoms with Gasteiger partial charge in [-0.15, -0.1) is 0 Å². The van der Waals surface area contributed by atoms with Crippen LogP contribution in [0.1, 0.15) is 31.2 Å². The summed E-state index contributed by atoms with van der Waals surface area (Å²) in [5.74, 6) is 1.74. The van der Waals surface area contributed by atoms with E-state index in [9.17, 15) is 4.39 Å². The lowest BCUT2D eigenvalue weighted by Gasteiger charge is -2.56. The number of nitrogens with two attached hydrogens (primary N) is 1. The number of anilines is 2. The fourth-order valence-electron chi connectivity index (χ4n) is 4.41. The van der Waals surface area contributed by atoms with E-state index >= 15 is 0 Å². The Kier molecular flexibility index (Phi) is 4.28. The molecule has 0 amide bonds. The fourth-order valence-corrected chi connectivity index (χ4v) is 4.41. The molecule has 2 fully saturated rings. The summed E-state index contributed by atoms with van der Waals surface area (Å²) in [6.07, 6.45) is 1.64. The molecule has 30 heavy (non-hydrogen) atoms. The molecular weight excluding hydrogens is 383 g/mol. The van der Waals surface area contributed by atoms with Gasteiger partial charge in [-0.3, -0.25) is 0 Å². The van der Waals surface area contributed by atoms with E-state index in [1.807, 2.05) is 20.8 Å². The van der Waals surface area contributed by atoms with Gasteiger partial charge < -0.3 is 20.5 Å². The van der Waals surface area contributed by atoms with Crippen molar-refractivity contribution in [3.8, 4) is 22.5 Å². The van der Waals surface area contributed by atoms with Gasteiger partial charge in [0, 0.05) is 54.2 Å². The molecule has 156 valence electrons. The second-order valence-corrected chi connectivity index (χ2v) is 8.78. The molecule has 0 saturated carbocycles. The van der Waals surface area contributed by atoms with Crippen molar-refractivity contribution < 1.29 is 8.91 Å². The molecule has 3 N–H and O–H groups in total. The minimum atomic E-state index is -0.332. The molecule has 3 aromatic rings. The van der Waals surface area contributed by atoms with E-state index < -0.39 is 0 Å². The molecule has 0 radical (unpaired) electrons. The largest absolute Gasteiger partial charge is 0.394 e. The van der Waals surface area contributed by atoms with Crippen LogP contribution < -0.4 is 16.0 Å². The summed E-state index contributed by atoms with van der Waals surface area (Å²) < 4.78 is 19.8. The standard InChI is InChI=1S/C22H25FN6O/c1-12(2)19-18(13(3)28-30-19)16-6-14(23)4-5-15(16)20-26-7-17(24)21(27-20)29-10-22(11-29)8-25-9-22/h4-7,12,25H,8-11,24H2,1-3H3. The van der Waals surface area contributed by atoms with E-state index in [1.54, 1.807) is 12.3 Å². The van der Waals surface area contributed by atoms with Crippen LogP contribution in [0.5, 0.6) is 0 Å². The van der Waals surface area contributed by atoms with Crippen LogP contribution in [-0.4, -0.2) is 41.3 Å². The molecule has 0 bridgehead atoms. The van der Waals surface area contributed by atoms with Gasteiger partial charge in [-0.1, -0.05) is 19.0 Å². The normalized spacial score (nSPS) is 17.3. The van der Waals surface area contributed by atoms with Gasteiger partial charge in [0.15, 0.2) is 11.6 Å². The smallest absolute Gasteiger partial charge is 0.162 e. The molecule has 5 rings (SSSR count). The molecule has 4 heterocycles. The highest BCUT2D eigenvalue weighted by Gasteiger charge is 2.48. The summed E-state index contributed by atoms with van der Waals surface area (Å²) in [6, 6.07) is 4.64. The lowest BCUT2D eigenvalue weighted by molar-refractivity contribution is 0.120. The third kappa shape index (κ3) is 2.94. The molecule has 2 saturated heterocycles. The monoisotopic (exact) mass is 408 g/mol. The first kappa shape index (κ1) is 19.0. The number of benzene rings is 1. The molecule has 2 aliphatic heterocycles. The van der Waals surface area contributed by atoms with Crippen molar-refractivity contribution in [2.24, 2.45) is 5.41 Å². The van der Waals surface area contributed by atoms with Crippen LogP contribution >= 0.6 is 0 Å². The maximum atomic E-state index is 14.3. The van der Waals surface area contributed by atoms with Gasteiger partial charge in [-0.25, -0.2) is 14.4 Å². The summed E-state index contributed by atoms with van der Waals surface area (Å²) in [5.41, 5.74) is 10.0. The summed E-state index contributed by atoms with van der Waals surface area (Å²) in [7, 11) is 0. The third-order valence-electron chi connectivity index (χ3n) is 6.05. The van der Waals surface area contributed by atoms with Crippen molar-refractivity contribution in [2.45, 2.75) is 26.7 Å². The quantitative estimate of drug-likeness (QED) is 0.684. The zero-order valence-corrected chi connectivity index (χ0v) is 17.4. The lowest BCUT2D eigenvalue weighted by atomic mass is 9.74. The van der Waals surface area contributed by atoms with Crippen LogP contribution in [0.25, 0.3) is 22.5 Å². The van der Waals surface area contributed by atoms with Crippen LogP contribution in [0.2, 0.25) is 0 Å². The molecular formula is C22H25FN6O. The number of aryl methyl sites for hydroxylation is 1.